The van der Waals surface area contributed by atoms with Gasteiger partial charge in [-0.15, -0.1) is 23.7 Å². The van der Waals surface area contributed by atoms with Crippen LogP contribution < -0.4 is 15.0 Å². The van der Waals surface area contributed by atoms with E-state index >= 15 is 0 Å². The molecule has 1 saturated carbocycles. The first-order chi connectivity index (χ1) is 17.7. The van der Waals surface area contributed by atoms with E-state index in [1.807, 2.05) is 12.3 Å². The largest absolute Gasteiger partial charge is 0.495 e. The maximum absolute atomic E-state index is 5.39. The zero-order chi connectivity index (χ0) is 24.5. The van der Waals surface area contributed by atoms with Crippen LogP contribution in [0, 0.1) is 0 Å². The number of ether oxygens (including phenoxy) is 2. The van der Waals surface area contributed by atoms with E-state index in [1.165, 1.54) is 22.2 Å². The summed E-state index contributed by atoms with van der Waals surface area (Å²) < 4.78 is 10.7. The molecule has 1 saturated heterocycles. The Labute approximate surface area is 227 Å². The van der Waals surface area contributed by atoms with Gasteiger partial charge in [-0.25, -0.2) is 9.97 Å². The quantitative estimate of drug-likeness (QED) is 0.320. The van der Waals surface area contributed by atoms with Gasteiger partial charge in [0.1, 0.15) is 22.7 Å². The summed E-state index contributed by atoms with van der Waals surface area (Å²) in [4.78, 5) is 18.3. The van der Waals surface area contributed by atoms with Crippen LogP contribution in [0.5, 0.6) is 5.75 Å². The van der Waals surface area contributed by atoms with Crippen molar-refractivity contribution in [2.75, 3.05) is 32.3 Å². The van der Waals surface area contributed by atoms with Crippen molar-refractivity contribution in [3.8, 4) is 16.9 Å². The average molecular weight is 538 g/mol. The predicted octanol–water partition coefficient (Wildman–Crippen LogP) is 5.44. The molecule has 2 atom stereocenters. The molecule has 4 heterocycles. The van der Waals surface area contributed by atoms with Gasteiger partial charge in [0, 0.05) is 48.2 Å². The number of nitrogens with zero attached hydrogens (tertiary/aromatic N) is 4. The molecule has 37 heavy (non-hydrogen) atoms. The van der Waals surface area contributed by atoms with Crippen molar-refractivity contribution < 1.29 is 9.47 Å². The van der Waals surface area contributed by atoms with E-state index in [4.69, 9.17) is 9.47 Å². The molecular formula is C28H32ClN5O2S. The van der Waals surface area contributed by atoms with E-state index in [0.717, 1.165) is 60.1 Å². The molecule has 1 aliphatic carbocycles. The van der Waals surface area contributed by atoms with Crippen molar-refractivity contribution in [1.82, 2.24) is 20.3 Å². The summed E-state index contributed by atoms with van der Waals surface area (Å²) in [6.07, 6.45) is 8.75. The Hall–Kier alpha value is -2.78. The summed E-state index contributed by atoms with van der Waals surface area (Å²) in [7, 11) is 3.85. The number of anilines is 1. The maximum atomic E-state index is 5.39. The number of halogens is 1. The first kappa shape index (κ1) is 25.9. The predicted molar refractivity (Wildman–Crippen MR) is 151 cm³/mol. The molecule has 9 heteroatoms. The fourth-order valence-corrected chi connectivity index (χ4v) is 6.24. The summed E-state index contributed by atoms with van der Waals surface area (Å²) >= 11 is 1.78. The van der Waals surface area contributed by atoms with Crippen molar-refractivity contribution in [1.29, 1.82) is 0 Å². The topological polar surface area (TPSA) is 72.4 Å². The van der Waals surface area contributed by atoms with Gasteiger partial charge in [0.05, 0.1) is 31.9 Å². The van der Waals surface area contributed by atoms with E-state index < -0.39 is 0 Å². The fourth-order valence-electron chi connectivity index (χ4n) is 5.18. The number of rotatable bonds is 8. The van der Waals surface area contributed by atoms with Crippen LogP contribution in [0.1, 0.15) is 35.6 Å². The fraction of sp³-hybridized carbons (Fsp3) is 0.393. The molecule has 0 unspecified atom stereocenters. The lowest BCUT2D eigenvalue weighted by atomic mass is 10.1. The SMILES string of the molecule is COc1cncc(-c2ccc(CN[C@H]3CC[C@@H](N(C)c4ncnc5sc(C6COC6)cc45)C3)cc2)c1.Cl. The lowest BCUT2D eigenvalue weighted by molar-refractivity contribution is 0.00991. The Morgan fingerprint density at radius 2 is 1.92 bits per heavy atom. The standard InChI is InChI=1S/C28H31N5O2S.ClH/c1-33(27-25-11-26(21-15-35-16-21)36-28(25)32-17-31-27)23-8-7-22(10-23)30-12-18-3-5-19(6-4-18)20-9-24(34-2)14-29-13-20;/h3-6,9,11,13-14,17,21-23,30H,7-8,10,12,15-16H2,1-2H3;1H/t22-,23+;/m0./s1. The Kier molecular flexibility index (Phi) is 7.90. The van der Waals surface area contributed by atoms with Crippen LogP contribution >= 0.6 is 23.7 Å². The van der Waals surface area contributed by atoms with Gasteiger partial charge in [0.25, 0.3) is 0 Å². The van der Waals surface area contributed by atoms with E-state index in [0.29, 0.717) is 18.0 Å². The van der Waals surface area contributed by atoms with Crippen LogP contribution in [0.15, 0.2) is 55.1 Å². The van der Waals surface area contributed by atoms with Gasteiger partial charge in [-0.2, -0.15) is 0 Å². The van der Waals surface area contributed by atoms with Crippen LogP contribution in [-0.4, -0.2) is 54.4 Å². The van der Waals surface area contributed by atoms with Crippen LogP contribution in [0.2, 0.25) is 0 Å². The van der Waals surface area contributed by atoms with Crippen molar-refractivity contribution in [2.45, 2.75) is 43.8 Å². The molecule has 3 aromatic heterocycles. The Morgan fingerprint density at radius 1 is 1.08 bits per heavy atom. The highest BCUT2D eigenvalue weighted by Crippen LogP contribution is 2.38. The molecule has 0 amide bonds. The van der Waals surface area contributed by atoms with Crippen LogP contribution in [-0.2, 0) is 11.3 Å². The second kappa shape index (κ2) is 11.3. The van der Waals surface area contributed by atoms with Gasteiger partial charge in [-0.05, 0) is 42.5 Å². The molecule has 1 aliphatic heterocycles. The Morgan fingerprint density at radius 3 is 2.68 bits per heavy atom. The molecule has 194 valence electrons. The highest BCUT2D eigenvalue weighted by Gasteiger charge is 2.30. The Bertz CT molecular complexity index is 1340. The smallest absolute Gasteiger partial charge is 0.140 e. The van der Waals surface area contributed by atoms with Gasteiger partial charge in [-0.1, -0.05) is 24.3 Å². The van der Waals surface area contributed by atoms with Crippen molar-refractivity contribution >= 4 is 39.8 Å². The van der Waals surface area contributed by atoms with Gasteiger partial charge in [0.2, 0.25) is 0 Å². The summed E-state index contributed by atoms with van der Waals surface area (Å²) in [5, 5.41) is 4.96. The van der Waals surface area contributed by atoms with Crippen molar-refractivity contribution in [3.63, 3.8) is 0 Å². The minimum absolute atomic E-state index is 0. The minimum atomic E-state index is 0. The molecule has 2 fully saturated rings. The number of thiophene rings is 1. The van der Waals surface area contributed by atoms with E-state index in [2.05, 4.69) is 62.5 Å². The molecular weight excluding hydrogens is 506 g/mol. The number of aromatic nitrogens is 3. The maximum Gasteiger partial charge on any atom is 0.140 e. The molecule has 1 aromatic carbocycles. The highest BCUT2D eigenvalue weighted by atomic mass is 35.5. The molecule has 0 bridgehead atoms. The molecule has 0 radical (unpaired) electrons. The summed E-state index contributed by atoms with van der Waals surface area (Å²) in [5.74, 6) is 2.34. The average Bonchev–Trinajstić information content (AvgIpc) is 3.53. The number of nitrogens with one attached hydrogen (secondary N) is 1. The second-order valence-corrected chi connectivity index (χ2v) is 10.8. The van der Waals surface area contributed by atoms with Gasteiger partial charge in [-0.3, -0.25) is 4.98 Å². The molecule has 4 aromatic rings. The van der Waals surface area contributed by atoms with E-state index in [1.54, 1.807) is 31.0 Å². The first-order valence-electron chi connectivity index (χ1n) is 12.5. The lowest BCUT2D eigenvalue weighted by Crippen LogP contribution is -2.33. The lowest BCUT2D eigenvalue weighted by Gasteiger charge is -2.26. The van der Waals surface area contributed by atoms with E-state index in [-0.39, 0.29) is 12.4 Å². The minimum Gasteiger partial charge on any atom is -0.495 e. The zero-order valence-electron chi connectivity index (χ0n) is 21.1. The third-order valence-corrected chi connectivity index (χ3v) is 8.69. The number of hydrogen-bond donors (Lipinski definition) is 1. The number of benzene rings is 1. The van der Waals surface area contributed by atoms with E-state index in [9.17, 15) is 0 Å². The third kappa shape index (κ3) is 5.43. The van der Waals surface area contributed by atoms with Crippen molar-refractivity contribution in [2.24, 2.45) is 0 Å². The second-order valence-electron chi connectivity index (χ2n) is 9.77. The van der Waals surface area contributed by atoms with Crippen molar-refractivity contribution in [3.05, 3.63) is 65.6 Å². The third-order valence-electron chi connectivity index (χ3n) is 7.49. The first-order valence-corrected chi connectivity index (χ1v) is 13.4. The normalized spacial score (nSPS) is 19.4. The summed E-state index contributed by atoms with van der Waals surface area (Å²) in [5.41, 5.74) is 3.49. The number of methoxy groups -OCH3 is 1. The van der Waals surface area contributed by atoms with Gasteiger partial charge < -0.3 is 19.7 Å². The number of hydrogen-bond acceptors (Lipinski definition) is 8. The zero-order valence-corrected chi connectivity index (χ0v) is 22.7. The van der Waals surface area contributed by atoms with Crippen LogP contribution in [0.3, 0.4) is 0 Å². The number of pyridine rings is 1. The summed E-state index contributed by atoms with van der Waals surface area (Å²) in [6.45, 7) is 2.51. The molecule has 0 spiro atoms. The number of fused-ring (bicyclic) bond motifs is 1. The van der Waals surface area contributed by atoms with Crippen LogP contribution in [0.4, 0.5) is 5.82 Å². The van der Waals surface area contributed by atoms with Gasteiger partial charge >= 0.3 is 0 Å². The molecule has 7 nitrogen and oxygen atoms in total. The van der Waals surface area contributed by atoms with Crippen LogP contribution in [0.25, 0.3) is 21.3 Å². The molecule has 6 rings (SSSR count). The molecule has 2 aliphatic rings. The summed E-state index contributed by atoms with van der Waals surface area (Å²) in [6, 6.07) is 14.0. The molecule has 1 N–H and O–H groups in total. The van der Waals surface area contributed by atoms with Gasteiger partial charge in [0.15, 0.2) is 0 Å². The Balaban J connectivity index is 0.00000280. The highest BCUT2D eigenvalue weighted by molar-refractivity contribution is 7.18. The monoisotopic (exact) mass is 537 g/mol.